The lowest BCUT2D eigenvalue weighted by Gasteiger charge is -2.42. The highest BCUT2D eigenvalue weighted by molar-refractivity contribution is 7.92. The van der Waals surface area contributed by atoms with Crippen LogP contribution in [0.4, 0.5) is 35.1 Å². The van der Waals surface area contributed by atoms with E-state index in [0.717, 1.165) is 30.3 Å². The highest BCUT2D eigenvalue weighted by Gasteiger charge is 2.74. The van der Waals surface area contributed by atoms with Gasteiger partial charge in [-0.2, -0.15) is 26.3 Å². The molecule has 246 valence electrons. The van der Waals surface area contributed by atoms with Crippen LogP contribution in [0.3, 0.4) is 0 Å². The van der Waals surface area contributed by atoms with Crippen molar-refractivity contribution in [2.75, 3.05) is 19.6 Å². The molecule has 1 heterocycles. The summed E-state index contributed by atoms with van der Waals surface area (Å²) in [5.74, 6) is -3.16. The number of aryl methyl sites for hydroxylation is 1. The Morgan fingerprint density at radius 1 is 0.956 bits per heavy atom. The Morgan fingerprint density at radius 3 is 2.18 bits per heavy atom. The molecule has 0 aromatic heterocycles. The fourth-order valence-electron chi connectivity index (χ4n) is 7.35. The molecule has 0 bridgehead atoms. The number of nitrogens with one attached hydrogen (secondary N) is 1. The number of sulfone groups is 1. The third-order valence-electron chi connectivity index (χ3n) is 9.61. The number of hydrogen-bond acceptors (Lipinski definition) is 4. The zero-order valence-corrected chi connectivity index (χ0v) is 24.8. The molecule has 4 atom stereocenters. The van der Waals surface area contributed by atoms with Crippen LogP contribution in [0.15, 0.2) is 47.4 Å². The number of amides is 2. The lowest BCUT2D eigenvalue weighted by atomic mass is 9.72. The molecule has 15 heteroatoms. The summed E-state index contributed by atoms with van der Waals surface area (Å²) in [6, 6.07) is 5.33. The van der Waals surface area contributed by atoms with Gasteiger partial charge in [0.05, 0.1) is 4.90 Å². The van der Waals surface area contributed by atoms with Crippen molar-refractivity contribution in [3.63, 3.8) is 0 Å². The van der Waals surface area contributed by atoms with Crippen LogP contribution in [0.1, 0.15) is 49.3 Å². The fourth-order valence-corrected chi connectivity index (χ4v) is 9.83. The van der Waals surface area contributed by atoms with E-state index in [1.165, 1.54) is 6.92 Å². The molecule has 5 rings (SSSR count). The summed E-state index contributed by atoms with van der Waals surface area (Å²) in [6.45, 7) is 2.62. The molecule has 2 aromatic carbocycles. The van der Waals surface area contributed by atoms with E-state index in [4.69, 9.17) is 0 Å². The number of carbonyl (C=O) groups is 2. The van der Waals surface area contributed by atoms with Gasteiger partial charge < -0.3 is 10.2 Å². The predicted octanol–water partition coefficient (Wildman–Crippen LogP) is 5.74. The topological polar surface area (TPSA) is 83.6 Å². The first-order chi connectivity index (χ1) is 20.8. The van der Waals surface area contributed by atoms with Gasteiger partial charge in [-0.15, -0.1) is 0 Å². The Labute approximate surface area is 254 Å². The number of likely N-dealkylation sites (tertiary alicyclic amines) is 1. The number of hydrogen-bond donors (Lipinski definition) is 1. The second-order valence-corrected chi connectivity index (χ2v) is 14.2. The van der Waals surface area contributed by atoms with Gasteiger partial charge in [-0.1, -0.05) is 18.2 Å². The smallest absolute Gasteiger partial charge is 0.356 e. The van der Waals surface area contributed by atoms with Gasteiger partial charge >= 0.3 is 18.0 Å². The Hall–Kier alpha value is -3.23. The van der Waals surface area contributed by atoms with Crippen molar-refractivity contribution in [1.29, 1.82) is 0 Å². The van der Waals surface area contributed by atoms with Crippen LogP contribution in [-0.2, 0) is 36.3 Å². The minimum Gasteiger partial charge on any atom is -0.356 e. The lowest BCUT2D eigenvalue weighted by molar-refractivity contribution is -0.348. The van der Waals surface area contributed by atoms with E-state index in [0.29, 0.717) is 31.6 Å². The number of fused-ring (bicyclic) bond motifs is 3. The molecule has 3 aliphatic rings. The molecule has 1 N–H and O–H groups in total. The molecule has 0 spiro atoms. The van der Waals surface area contributed by atoms with Crippen LogP contribution in [-0.4, -0.2) is 57.1 Å². The standard InChI is InChI=1S/C30H30F8N2O4S/c1-17(41)40-13-11-18(16-40)15-39-26(42)23-10-12-27(45(43,44)22-6-4-21(31)5-7-22)24-9-3-20(14-19(24)2-8-25(23)27)28(32,29(33,34)35)30(36,37)38/h3-7,9,14,18,23,25H,2,8,10-13,15-16H2,1H3,(H,39,42)/t18?,23-,25+,27-/m1/s1. The number of nitrogens with zero attached hydrogens (tertiary/aromatic N) is 1. The number of alkyl halides is 7. The molecular weight excluding hydrogens is 636 g/mol. The summed E-state index contributed by atoms with van der Waals surface area (Å²) in [7, 11) is -4.54. The molecule has 1 unspecified atom stereocenters. The zero-order valence-electron chi connectivity index (χ0n) is 23.9. The van der Waals surface area contributed by atoms with Crippen molar-refractivity contribution < 1.29 is 53.1 Å². The summed E-state index contributed by atoms with van der Waals surface area (Å²) in [5, 5.41) is 2.84. The van der Waals surface area contributed by atoms with Gasteiger partial charge in [0.1, 0.15) is 10.6 Å². The summed E-state index contributed by atoms with van der Waals surface area (Å²) in [4.78, 5) is 26.5. The van der Waals surface area contributed by atoms with Crippen LogP contribution in [0.2, 0.25) is 0 Å². The minimum absolute atomic E-state index is 0.0271. The molecule has 0 radical (unpaired) electrons. The summed E-state index contributed by atoms with van der Waals surface area (Å²) in [5.41, 5.74) is -7.74. The Kier molecular flexibility index (Phi) is 8.27. The average molecular weight is 667 g/mol. The number of rotatable bonds is 6. The molecular formula is C30H30F8N2O4S. The van der Waals surface area contributed by atoms with Gasteiger partial charge in [-0.3, -0.25) is 9.59 Å². The number of carbonyl (C=O) groups excluding carboxylic acids is 2. The van der Waals surface area contributed by atoms with Gasteiger partial charge in [0.2, 0.25) is 11.8 Å². The Bertz CT molecular complexity index is 1580. The lowest BCUT2D eigenvalue weighted by Crippen LogP contribution is -2.51. The Balaban J connectivity index is 1.55. The third kappa shape index (κ3) is 5.28. The van der Waals surface area contributed by atoms with Crippen LogP contribution < -0.4 is 5.32 Å². The first-order valence-corrected chi connectivity index (χ1v) is 15.8. The molecule has 1 saturated heterocycles. The van der Waals surface area contributed by atoms with Crippen molar-refractivity contribution in [1.82, 2.24) is 10.2 Å². The maximum Gasteiger partial charge on any atom is 0.435 e. The van der Waals surface area contributed by atoms with Gasteiger partial charge in [0.25, 0.3) is 0 Å². The highest BCUT2D eigenvalue weighted by atomic mass is 32.2. The number of benzene rings is 2. The van der Waals surface area contributed by atoms with Gasteiger partial charge in [-0.25, -0.2) is 17.2 Å². The van der Waals surface area contributed by atoms with Gasteiger partial charge in [0, 0.05) is 38.0 Å². The second kappa shape index (κ2) is 11.2. The molecule has 1 aliphatic heterocycles. The second-order valence-electron chi connectivity index (χ2n) is 12.0. The van der Waals surface area contributed by atoms with Crippen molar-refractivity contribution in [2.24, 2.45) is 17.8 Å². The SMILES string of the molecule is CC(=O)N1CCC(CNC(=O)[C@@H]2CC[C@@]3(S(=O)(=O)c4ccc(F)cc4)c4ccc(C(F)(C(F)(F)F)C(F)(F)F)cc4CC[C@@H]23)C1. The van der Waals surface area contributed by atoms with Crippen molar-refractivity contribution in [3.05, 3.63) is 65.0 Å². The summed E-state index contributed by atoms with van der Waals surface area (Å²) < 4.78 is 137. The third-order valence-corrected chi connectivity index (χ3v) is 12.2. The van der Waals surface area contributed by atoms with Crippen molar-refractivity contribution in [3.8, 4) is 0 Å². The molecule has 2 fully saturated rings. The largest absolute Gasteiger partial charge is 0.435 e. The van der Waals surface area contributed by atoms with Gasteiger partial charge in [0.15, 0.2) is 9.84 Å². The van der Waals surface area contributed by atoms with Crippen LogP contribution in [0.25, 0.3) is 0 Å². The fraction of sp³-hybridized carbons (Fsp3) is 0.533. The van der Waals surface area contributed by atoms with E-state index in [1.54, 1.807) is 4.90 Å². The van der Waals surface area contributed by atoms with Crippen LogP contribution in [0.5, 0.6) is 0 Å². The van der Waals surface area contributed by atoms with E-state index in [-0.39, 0.29) is 60.1 Å². The minimum atomic E-state index is -6.36. The van der Waals surface area contributed by atoms with Crippen LogP contribution >= 0.6 is 0 Å². The van der Waals surface area contributed by atoms with E-state index < -0.39 is 61.7 Å². The van der Waals surface area contributed by atoms with E-state index in [1.807, 2.05) is 0 Å². The molecule has 6 nitrogen and oxygen atoms in total. The van der Waals surface area contributed by atoms with E-state index in [2.05, 4.69) is 5.32 Å². The first kappa shape index (κ1) is 33.1. The van der Waals surface area contributed by atoms with Crippen LogP contribution in [0, 0.1) is 23.6 Å². The average Bonchev–Trinajstić information content (AvgIpc) is 3.60. The monoisotopic (exact) mass is 666 g/mol. The van der Waals surface area contributed by atoms with Crippen molar-refractivity contribution in [2.45, 2.75) is 66.7 Å². The molecule has 2 aromatic rings. The quantitative estimate of drug-likeness (QED) is 0.315. The molecule has 2 aliphatic carbocycles. The first-order valence-electron chi connectivity index (χ1n) is 14.3. The van der Waals surface area contributed by atoms with E-state index >= 15 is 0 Å². The predicted molar refractivity (Wildman–Crippen MR) is 145 cm³/mol. The van der Waals surface area contributed by atoms with Crippen molar-refractivity contribution >= 4 is 21.7 Å². The number of halogens is 8. The zero-order chi connectivity index (χ0) is 33.2. The molecule has 2 amide bonds. The highest BCUT2D eigenvalue weighted by Crippen LogP contribution is 2.60. The normalized spacial score (nSPS) is 25.5. The summed E-state index contributed by atoms with van der Waals surface area (Å²) >= 11 is 0. The molecule has 1 saturated carbocycles. The maximum atomic E-state index is 15.0. The van der Waals surface area contributed by atoms with E-state index in [9.17, 15) is 53.1 Å². The Morgan fingerprint density at radius 2 is 1.60 bits per heavy atom. The van der Waals surface area contributed by atoms with Gasteiger partial charge in [-0.05, 0) is 79.3 Å². The maximum absolute atomic E-state index is 15.0. The summed E-state index contributed by atoms with van der Waals surface area (Å²) in [6.07, 6.45) is -12.5. The molecule has 45 heavy (non-hydrogen) atoms.